The van der Waals surface area contributed by atoms with Crippen molar-refractivity contribution in [2.45, 2.75) is 6.42 Å². The van der Waals surface area contributed by atoms with Crippen molar-refractivity contribution in [1.82, 2.24) is 10.4 Å². The molecule has 1 heterocycles. The highest BCUT2D eigenvalue weighted by atomic mass is 79.9. The molecule has 0 aliphatic rings. The smallest absolute Gasteiger partial charge is 0.244 e. The van der Waals surface area contributed by atoms with Crippen LogP contribution in [0.4, 0.5) is 0 Å². The topological polar surface area (TPSA) is 54.4 Å². The van der Waals surface area contributed by atoms with Gasteiger partial charge in [-0.15, -0.1) is 0 Å². The number of aromatic nitrogens is 1. The fourth-order valence-corrected chi connectivity index (χ4v) is 2.80. The molecule has 4 nitrogen and oxygen atoms in total. The van der Waals surface area contributed by atoms with Gasteiger partial charge in [0.2, 0.25) is 5.91 Å². The van der Waals surface area contributed by atoms with E-state index in [2.05, 4.69) is 31.4 Å². The number of hydrazone groups is 1. The Hall–Kier alpha value is -2.53. The molecule has 5 heteroatoms. The molecule has 1 amide bonds. The summed E-state index contributed by atoms with van der Waals surface area (Å²) in [7, 11) is 0. The average molecular weight is 368 g/mol. The molecule has 0 saturated carbocycles. The Labute approximate surface area is 142 Å². The molecule has 0 aliphatic heterocycles. The zero-order chi connectivity index (χ0) is 16.1. The minimum atomic E-state index is -0.150. The van der Waals surface area contributed by atoms with Gasteiger partial charge in [0.15, 0.2) is 0 Å². The molecule has 3 aromatic rings. The number of carbonyl (C=O) groups excluding carboxylic acids is 1. The van der Waals surface area contributed by atoms with Crippen molar-refractivity contribution in [3.8, 4) is 0 Å². The Bertz CT molecular complexity index is 863. The maximum atomic E-state index is 12.1. The molecule has 0 unspecified atom stereocenters. The Morgan fingerprint density at radius 3 is 2.61 bits per heavy atom. The van der Waals surface area contributed by atoms with E-state index in [9.17, 15) is 4.79 Å². The molecule has 0 bridgehead atoms. The van der Waals surface area contributed by atoms with Gasteiger partial charge in [0.25, 0.3) is 0 Å². The summed E-state index contributed by atoms with van der Waals surface area (Å²) >= 11 is 3.54. The number of hydrogen-bond acceptors (Lipinski definition) is 3. The van der Waals surface area contributed by atoms with E-state index in [1.54, 1.807) is 18.6 Å². The Kier molecular flexibility index (Phi) is 4.78. The van der Waals surface area contributed by atoms with Crippen LogP contribution in [0.5, 0.6) is 0 Å². The van der Waals surface area contributed by atoms with Crippen molar-refractivity contribution >= 4 is 38.8 Å². The van der Waals surface area contributed by atoms with Crippen LogP contribution in [0.1, 0.15) is 11.1 Å². The fraction of sp³-hybridized carbons (Fsp3) is 0.0556. The van der Waals surface area contributed by atoms with Gasteiger partial charge in [-0.3, -0.25) is 9.78 Å². The number of benzene rings is 2. The van der Waals surface area contributed by atoms with Gasteiger partial charge >= 0.3 is 0 Å². The normalized spacial score (nSPS) is 11.0. The molecule has 0 aliphatic carbocycles. The molecule has 23 heavy (non-hydrogen) atoms. The molecule has 3 rings (SSSR count). The Morgan fingerprint density at radius 2 is 1.83 bits per heavy atom. The van der Waals surface area contributed by atoms with E-state index < -0.39 is 0 Å². The number of carbonyl (C=O) groups is 1. The van der Waals surface area contributed by atoms with Crippen LogP contribution >= 0.6 is 15.9 Å². The monoisotopic (exact) mass is 367 g/mol. The van der Waals surface area contributed by atoms with Crippen LogP contribution in [0.15, 0.2) is 70.5 Å². The second-order valence-electron chi connectivity index (χ2n) is 5.00. The van der Waals surface area contributed by atoms with Crippen molar-refractivity contribution in [3.05, 3.63) is 76.5 Å². The first-order valence-electron chi connectivity index (χ1n) is 7.12. The predicted octanol–water partition coefficient (Wildman–Crippen LogP) is 3.69. The quantitative estimate of drug-likeness (QED) is 0.564. The highest BCUT2D eigenvalue weighted by Gasteiger charge is 2.08. The van der Waals surface area contributed by atoms with Gasteiger partial charge in [0.05, 0.1) is 12.6 Å². The number of rotatable bonds is 4. The predicted molar refractivity (Wildman–Crippen MR) is 95.3 cm³/mol. The fourth-order valence-electron chi connectivity index (χ4n) is 2.32. The minimum absolute atomic E-state index is 0.150. The van der Waals surface area contributed by atoms with Gasteiger partial charge in [-0.2, -0.15) is 5.10 Å². The number of nitrogens with zero attached hydrogens (tertiary/aromatic N) is 2. The number of halogens is 1. The summed E-state index contributed by atoms with van der Waals surface area (Å²) in [5, 5.41) is 6.13. The van der Waals surface area contributed by atoms with E-state index in [0.717, 1.165) is 26.4 Å². The number of amides is 1. The van der Waals surface area contributed by atoms with Crippen LogP contribution in [0.2, 0.25) is 0 Å². The van der Waals surface area contributed by atoms with Crippen molar-refractivity contribution in [2.24, 2.45) is 5.10 Å². The van der Waals surface area contributed by atoms with Crippen LogP contribution < -0.4 is 5.43 Å². The first kappa shape index (κ1) is 15.4. The van der Waals surface area contributed by atoms with Crippen LogP contribution in [0.25, 0.3) is 10.8 Å². The van der Waals surface area contributed by atoms with Gasteiger partial charge in [-0.25, -0.2) is 5.43 Å². The maximum absolute atomic E-state index is 12.1. The zero-order valence-electron chi connectivity index (χ0n) is 12.2. The van der Waals surface area contributed by atoms with Crippen LogP contribution in [0, 0.1) is 0 Å². The number of pyridine rings is 1. The summed E-state index contributed by atoms with van der Waals surface area (Å²) in [6.45, 7) is 0. The van der Waals surface area contributed by atoms with Gasteiger partial charge in [-0.05, 0) is 40.1 Å². The van der Waals surface area contributed by atoms with E-state index in [1.165, 1.54) is 0 Å². The molecule has 0 atom stereocenters. The molecule has 1 N–H and O–H groups in total. The van der Waals surface area contributed by atoms with Gasteiger partial charge in [-0.1, -0.05) is 46.3 Å². The van der Waals surface area contributed by atoms with Gasteiger partial charge < -0.3 is 0 Å². The molecule has 0 fully saturated rings. The first-order valence-corrected chi connectivity index (χ1v) is 7.91. The van der Waals surface area contributed by atoms with E-state index in [-0.39, 0.29) is 12.3 Å². The van der Waals surface area contributed by atoms with Crippen LogP contribution in [-0.4, -0.2) is 17.1 Å². The Balaban J connectivity index is 1.71. The molecular formula is C18H14BrN3O. The van der Waals surface area contributed by atoms with Crippen molar-refractivity contribution < 1.29 is 4.79 Å². The summed E-state index contributed by atoms with van der Waals surface area (Å²) in [4.78, 5) is 16.0. The lowest BCUT2D eigenvalue weighted by Crippen LogP contribution is -2.19. The zero-order valence-corrected chi connectivity index (χ0v) is 13.8. The summed E-state index contributed by atoms with van der Waals surface area (Å²) in [6.07, 6.45) is 5.23. The summed E-state index contributed by atoms with van der Waals surface area (Å²) in [6, 6.07) is 15.6. The van der Waals surface area contributed by atoms with E-state index >= 15 is 0 Å². The largest absolute Gasteiger partial charge is 0.273 e. The van der Waals surface area contributed by atoms with Crippen LogP contribution in [0.3, 0.4) is 0 Å². The molecular weight excluding hydrogens is 354 g/mol. The summed E-state index contributed by atoms with van der Waals surface area (Å²) in [5.41, 5.74) is 4.41. The molecule has 0 radical (unpaired) electrons. The molecule has 0 spiro atoms. The van der Waals surface area contributed by atoms with E-state index in [0.29, 0.717) is 0 Å². The Morgan fingerprint density at radius 1 is 1.09 bits per heavy atom. The average Bonchev–Trinajstić information content (AvgIpc) is 2.59. The molecule has 2 aromatic carbocycles. The third-order valence-corrected chi connectivity index (χ3v) is 4.11. The lowest BCUT2D eigenvalue weighted by atomic mass is 10.0. The first-order chi connectivity index (χ1) is 11.2. The SMILES string of the molecule is O=C(Cc1ccc(Br)c2ccccc12)N/N=C\c1ccncc1. The number of hydrogen-bond donors (Lipinski definition) is 1. The molecule has 0 saturated heterocycles. The highest BCUT2D eigenvalue weighted by molar-refractivity contribution is 9.10. The van der Waals surface area contributed by atoms with Crippen molar-refractivity contribution in [2.75, 3.05) is 0 Å². The number of fused-ring (bicyclic) bond motifs is 1. The second-order valence-corrected chi connectivity index (χ2v) is 5.86. The van der Waals surface area contributed by atoms with Crippen molar-refractivity contribution in [1.29, 1.82) is 0 Å². The standard InChI is InChI=1S/C18H14BrN3O/c19-17-6-5-14(15-3-1-2-4-16(15)17)11-18(23)22-21-12-13-7-9-20-10-8-13/h1-10,12H,11H2,(H,22,23)/b21-12-. The van der Waals surface area contributed by atoms with Crippen LogP contribution in [-0.2, 0) is 11.2 Å². The third-order valence-electron chi connectivity index (χ3n) is 3.42. The third kappa shape index (κ3) is 3.81. The second kappa shape index (κ2) is 7.15. The minimum Gasteiger partial charge on any atom is -0.273 e. The van der Waals surface area contributed by atoms with E-state index in [4.69, 9.17) is 0 Å². The molecule has 1 aromatic heterocycles. The summed E-state index contributed by atoms with van der Waals surface area (Å²) < 4.78 is 1.02. The maximum Gasteiger partial charge on any atom is 0.244 e. The lowest BCUT2D eigenvalue weighted by molar-refractivity contribution is -0.120. The lowest BCUT2D eigenvalue weighted by Gasteiger charge is -2.07. The number of nitrogens with one attached hydrogen (secondary N) is 1. The van der Waals surface area contributed by atoms with Crippen molar-refractivity contribution in [3.63, 3.8) is 0 Å². The van der Waals surface area contributed by atoms with Gasteiger partial charge in [0.1, 0.15) is 0 Å². The highest BCUT2D eigenvalue weighted by Crippen LogP contribution is 2.27. The van der Waals surface area contributed by atoms with Gasteiger partial charge in [0, 0.05) is 16.9 Å². The molecule has 114 valence electrons. The summed E-state index contributed by atoms with van der Waals surface area (Å²) in [5.74, 6) is -0.150. The van der Waals surface area contributed by atoms with E-state index in [1.807, 2.05) is 48.5 Å².